The Morgan fingerprint density at radius 1 is 1.21 bits per heavy atom. The maximum Gasteiger partial charge on any atom is 0.226 e. The molecule has 0 atom stereocenters. The molecule has 0 amide bonds. The Hall–Kier alpha value is -1.57. The predicted octanol–water partition coefficient (Wildman–Crippen LogP) is 3.59. The molecule has 0 aliphatic carbocycles. The molecule has 2 nitrogen and oxygen atoms in total. The van der Waals surface area contributed by atoms with Gasteiger partial charge in [0.2, 0.25) is 5.89 Å². The van der Waals surface area contributed by atoms with Crippen molar-refractivity contribution < 1.29 is 4.42 Å². The summed E-state index contributed by atoms with van der Waals surface area (Å²) in [6, 6.07) is 8.12. The zero-order valence-electron chi connectivity index (χ0n) is 7.74. The lowest BCUT2D eigenvalue weighted by Gasteiger charge is -1.96. The van der Waals surface area contributed by atoms with Crippen molar-refractivity contribution in [3.63, 3.8) is 0 Å². The first-order valence-electron chi connectivity index (χ1n) is 4.25. The molecule has 0 spiro atoms. The monoisotopic (exact) mass is 189 g/mol. The second kappa shape index (κ2) is 4.09. The van der Waals surface area contributed by atoms with Crippen LogP contribution in [-0.2, 0) is 0 Å². The number of aryl methyl sites for hydroxylation is 2. The van der Waals surface area contributed by atoms with Crippen molar-refractivity contribution in [3.05, 3.63) is 41.8 Å². The van der Waals surface area contributed by atoms with E-state index in [1.165, 1.54) is 5.56 Å². The minimum absolute atomic E-state index is 0. The number of hydrogen-bond donors (Lipinski definition) is 0. The van der Waals surface area contributed by atoms with E-state index in [1.807, 2.05) is 19.1 Å². The molecule has 0 saturated carbocycles. The van der Waals surface area contributed by atoms with Crippen LogP contribution in [0, 0.1) is 13.8 Å². The Kier molecular flexibility index (Phi) is 3.07. The molecule has 0 bridgehead atoms. The number of benzene rings is 1. The molecule has 0 fully saturated rings. The highest BCUT2D eigenvalue weighted by atomic mass is 16.4. The number of oxazole rings is 1. The van der Waals surface area contributed by atoms with Gasteiger partial charge in [-0.05, 0) is 26.0 Å². The molecule has 0 saturated heterocycles. The molecule has 74 valence electrons. The van der Waals surface area contributed by atoms with Gasteiger partial charge in [-0.3, -0.25) is 0 Å². The third kappa shape index (κ3) is 2.02. The van der Waals surface area contributed by atoms with Crippen LogP contribution in [0.4, 0.5) is 0 Å². The second-order valence-corrected chi connectivity index (χ2v) is 3.15. The van der Waals surface area contributed by atoms with Gasteiger partial charge in [0.05, 0.1) is 6.20 Å². The van der Waals surface area contributed by atoms with Crippen LogP contribution in [-0.4, -0.2) is 4.98 Å². The van der Waals surface area contributed by atoms with Gasteiger partial charge < -0.3 is 4.42 Å². The highest BCUT2D eigenvalue weighted by Crippen LogP contribution is 2.19. The van der Waals surface area contributed by atoms with E-state index < -0.39 is 0 Å². The minimum atomic E-state index is 0. The molecule has 0 aliphatic rings. The first-order valence-corrected chi connectivity index (χ1v) is 4.25. The number of hydrogen-bond acceptors (Lipinski definition) is 2. The van der Waals surface area contributed by atoms with Crippen molar-refractivity contribution in [2.24, 2.45) is 0 Å². The summed E-state index contributed by atoms with van der Waals surface area (Å²) >= 11 is 0. The van der Waals surface area contributed by atoms with Crippen LogP contribution in [0.3, 0.4) is 0 Å². The first kappa shape index (κ1) is 10.5. The van der Waals surface area contributed by atoms with Crippen molar-refractivity contribution in [3.8, 4) is 11.5 Å². The fourth-order valence-electron chi connectivity index (χ4n) is 1.27. The van der Waals surface area contributed by atoms with Crippen LogP contribution in [0.2, 0.25) is 0 Å². The molecular formula is C12H15NO. The van der Waals surface area contributed by atoms with Gasteiger partial charge in [0.25, 0.3) is 0 Å². The SMILES string of the molecule is C.Cc1cccc(-c2ncc(C)o2)c1. The van der Waals surface area contributed by atoms with Crippen molar-refractivity contribution in [1.29, 1.82) is 0 Å². The van der Waals surface area contributed by atoms with Crippen LogP contribution < -0.4 is 0 Å². The topological polar surface area (TPSA) is 26.0 Å². The Labute approximate surface area is 84.6 Å². The highest BCUT2D eigenvalue weighted by molar-refractivity contribution is 5.54. The van der Waals surface area contributed by atoms with Crippen molar-refractivity contribution >= 4 is 0 Å². The van der Waals surface area contributed by atoms with Gasteiger partial charge in [0, 0.05) is 5.56 Å². The molecule has 0 aliphatic heterocycles. The second-order valence-electron chi connectivity index (χ2n) is 3.15. The van der Waals surface area contributed by atoms with Gasteiger partial charge in [-0.2, -0.15) is 0 Å². The number of nitrogens with zero attached hydrogens (tertiary/aromatic N) is 1. The largest absolute Gasteiger partial charge is 0.441 e. The van der Waals surface area contributed by atoms with Crippen LogP contribution in [0.5, 0.6) is 0 Å². The molecule has 2 rings (SSSR count). The Morgan fingerprint density at radius 3 is 2.57 bits per heavy atom. The summed E-state index contributed by atoms with van der Waals surface area (Å²) in [6.45, 7) is 3.95. The quantitative estimate of drug-likeness (QED) is 0.685. The average Bonchev–Trinajstić information content (AvgIpc) is 2.52. The van der Waals surface area contributed by atoms with Crippen molar-refractivity contribution in [2.75, 3.05) is 0 Å². The summed E-state index contributed by atoms with van der Waals surface area (Å²) in [5.74, 6) is 1.54. The molecule has 1 aromatic carbocycles. The smallest absolute Gasteiger partial charge is 0.226 e. The fraction of sp³-hybridized carbons (Fsp3) is 0.250. The van der Waals surface area contributed by atoms with Gasteiger partial charge >= 0.3 is 0 Å². The summed E-state index contributed by atoms with van der Waals surface area (Å²) in [6.07, 6.45) is 1.73. The zero-order valence-corrected chi connectivity index (χ0v) is 7.74. The van der Waals surface area contributed by atoms with Gasteiger partial charge in [-0.25, -0.2) is 4.98 Å². The molecule has 2 heteroatoms. The summed E-state index contributed by atoms with van der Waals surface area (Å²) in [5.41, 5.74) is 2.25. The van der Waals surface area contributed by atoms with Crippen molar-refractivity contribution in [2.45, 2.75) is 21.3 Å². The van der Waals surface area contributed by atoms with E-state index in [-0.39, 0.29) is 7.43 Å². The molecule has 0 N–H and O–H groups in total. The molecule has 0 radical (unpaired) electrons. The van der Waals surface area contributed by atoms with Crippen LogP contribution in [0.1, 0.15) is 18.8 Å². The lowest BCUT2D eigenvalue weighted by atomic mass is 10.1. The number of rotatable bonds is 1. The van der Waals surface area contributed by atoms with E-state index in [9.17, 15) is 0 Å². The Bertz CT molecular complexity index is 418. The first-order chi connectivity index (χ1) is 6.25. The molecule has 1 aromatic heterocycles. The third-order valence-electron chi connectivity index (χ3n) is 1.89. The van der Waals surface area contributed by atoms with Gasteiger partial charge in [0.15, 0.2) is 0 Å². The van der Waals surface area contributed by atoms with Crippen LogP contribution in [0.15, 0.2) is 34.9 Å². The molecular weight excluding hydrogens is 174 g/mol. The molecule has 2 aromatic rings. The van der Waals surface area contributed by atoms with Gasteiger partial charge in [-0.15, -0.1) is 0 Å². The lowest BCUT2D eigenvalue weighted by molar-refractivity contribution is 0.542. The summed E-state index contributed by atoms with van der Waals surface area (Å²) in [7, 11) is 0. The highest BCUT2D eigenvalue weighted by Gasteiger charge is 2.02. The maximum absolute atomic E-state index is 5.41. The standard InChI is InChI=1S/C11H11NO.CH4/c1-8-4-3-5-10(6-8)11-12-7-9(2)13-11;/h3-7H,1-2H3;1H4. The van der Waals surface area contributed by atoms with E-state index in [2.05, 4.69) is 24.0 Å². The van der Waals surface area contributed by atoms with E-state index in [0.29, 0.717) is 5.89 Å². The number of aromatic nitrogens is 1. The molecule has 0 unspecified atom stereocenters. The van der Waals surface area contributed by atoms with E-state index in [1.54, 1.807) is 6.20 Å². The summed E-state index contributed by atoms with van der Waals surface area (Å²) < 4.78 is 5.41. The van der Waals surface area contributed by atoms with Gasteiger partial charge in [0.1, 0.15) is 5.76 Å². The predicted molar refractivity (Wildman–Crippen MR) is 58.1 cm³/mol. The van der Waals surface area contributed by atoms with E-state index in [4.69, 9.17) is 4.42 Å². The maximum atomic E-state index is 5.41. The summed E-state index contributed by atoms with van der Waals surface area (Å²) in [4.78, 5) is 4.16. The fourth-order valence-corrected chi connectivity index (χ4v) is 1.27. The minimum Gasteiger partial charge on any atom is -0.441 e. The van der Waals surface area contributed by atoms with Crippen molar-refractivity contribution in [1.82, 2.24) is 4.98 Å². The molecule has 14 heavy (non-hydrogen) atoms. The molecule has 1 heterocycles. The van der Waals surface area contributed by atoms with Crippen LogP contribution >= 0.6 is 0 Å². The average molecular weight is 189 g/mol. The Balaban J connectivity index is 0.000000980. The lowest BCUT2D eigenvalue weighted by Crippen LogP contribution is -1.77. The van der Waals surface area contributed by atoms with E-state index >= 15 is 0 Å². The van der Waals surface area contributed by atoms with E-state index in [0.717, 1.165) is 11.3 Å². The normalized spacial score (nSPS) is 9.57. The third-order valence-corrected chi connectivity index (χ3v) is 1.89. The Morgan fingerprint density at radius 2 is 2.00 bits per heavy atom. The zero-order chi connectivity index (χ0) is 9.26. The summed E-state index contributed by atoms with van der Waals surface area (Å²) in [5, 5.41) is 0. The van der Waals surface area contributed by atoms with Crippen LogP contribution in [0.25, 0.3) is 11.5 Å². The van der Waals surface area contributed by atoms with Gasteiger partial charge in [-0.1, -0.05) is 25.1 Å².